The molecule has 1 aromatic heterocycles. The van der Waals surface area contributed by atoms with Crippen molar-refractivity contribution in [3.63, 3.8) is 0 Å². The van der Waals surface area contributed by atoms with E-state index < -0.39 is 0 Å². The second-order valence-electron chi connectivity index (χ2n) is 8.45. The molecule has 0 aliphatic carbocycles. The Balaban J connectivity index is 1.32. The molecule has 0 radical (unpaired) electrons. The average molecular weight is 429 g/mol. The van der Waals surface area contributed by atoms with E-state index in [1.165, 1.54) is 5.56 Å². The summed E-state index contributed by atoms with van der Waals surface area (Å²) in [6.07, 6.45) is 2.49. The van der Waals surface area contributed by atoms with Gasteiger partial charge in [0, 0.05) is 43.7 Å². The van der Waals surface area contributed by atoms with Gasteiger partial charge in [0.1, 0.15) is 5.01 Å². The lowest BCUT2D eigenvalue weighted by Crippen LogP contribution is -2.45. The molecule has 2 fully saturated rings. The third-order valence-corrected chi connectivity index (χ3v) is 7.16. The summed E-state index contributed by atoms with van der Waals surface area (Å²) in [5.41, 5.74) is 3.30. The Hall–Kier alpha value is -1.80. The Morgan fingerprint density at radius 1 is 1.17 bits per heavy atom. The van der Waals surface area contributed by atoms with Crippen LogP contribution >= 0.6 is 11.3 Å². The zero-order chi connectivity index (χ0) is 20.9. The molecule has 6 nitrogen and oxygen atoms in total. The molecule has 0 saturated carbocycles. The number of benzene rings is 1. The molecule has 1 amide bonds. The first-order valence-electron chi connectivity index (χ1n) is 10.9. The van der Waals surface area contributed by atoms with Gasteiger partial charge in [-0.3, -0.25) is 9.69 Å². The molecule has 7 heteroatoms. The molecule has 0 N–H and O–H groups in total. The van der Waals surface area contributed by atoms with Gasteiger partial charge in [0.2, 0.25) is 5.91 Å². The molecular weight excluding hydrogens is 396 g/mol. The van der Waals surface area contributed by atoms with Crippen LogP contribution in [0.15, 0.2) is 29.6 Å². The average Bonchev–Trinajstić information content (AvgIpc) is 3.23. The van der Waals surface area contributed by atoms with Crippen LogP contribution < -0.4 is 0 Å². The van der Waals surface area contributed by atoms with Crippen LogP contribution in [0.2, 0.25) is 0 Å². The van der Waals surface area contributed by atoms with Crippen molar-refractivity contribution in [2.45, 2.75) is 31.8 Å². The van der Waals surface area contributed by atoms with Crippen LogP contribution in [0.5, 0.6) is 0 Å². The van der Waals surface area contributed by atoms with Crippen LogP contribution in [0.1, 0.15) is 24.1 Å². The molecule has 2 aromatic rings. The van der Waals surface area contributed by atoms with Crippen LogP contribution in [0, 0.1) is 0 Å². The molecule has 2 aliphatic rings. The minimum Gasteiger partial charge on any atom is -0.379 e. The van der Waals surface area contributed by atoms with Crippen molar-refractivity contribution in [2.75, 3.05) is 53.5 Å². The standard InChI is InChI=1S/C23H32N4O2S/c1-25-9-7-21(8-10-25)26(2)22(28)15-20-17-30-23(24-20)19-5-3-18(4-6-19)16-27-11-13-29-14-12-27/h3-6,17,21H,7-16H2,1-2H3. The van der Waals surface area contributed by atoms with Crippen LogP contribution in [-0.2, 0) is 22.5 Å². The largest absolute Gasteiger partial charge is 0.379 e. The number of nitrogens with zero attached hydrogens (tertiary/aromatic N) is 4. The fourth-order valence-corrected chi connectivity index (χ4v) is 4.98. The number of rotatable bonds is 6. The molecule has 0 bridgehead atoms. The summed E-state index contributed by atoms with van der Waals surface area (Å²) in [5.74, 6) is 0.169. The zero-order valence-electron chi connectivity index (χ0n) is 18.0. The van der Waals surface area contributed by atoms with E-state index in [1.807, 2.05) is 17.3 Å². The summed E-state index contributed by atoms with van der Waals surface area (Å²) >= 11 is 1.62. The predicted octanol–water partition coefficient (Wildman–Crippen LogP) is 2.74. The Morgan fingerprint density at radius 3 is 2.57 bits per heavy atom. The predicted molar refractivity (Wildman–Crippen MR) is 121 cm³/mol. The number of likely N-dealkylation sites (tertiary alicyclic amines) is 1. The maximum atomic E-state index is 12.7. The summed E-state index contributed by atoms with van der Waals surface area (Å²) in [7, 11) is 4.09. The summed E-state index contributed by atoms with van der Waals surface area (Å²) in [5, 5.41) is 3.01. The van der Waals surface area contributed by atoms with Gasteiger partial charge in [0.15, 0.2) is 0 Å². The maximum absolute atomic E-state index is 12.7. The molecule has 0 unspecified atom stereocenters. The monoisotopic (exact) mass is 428 g/mol. The molecule has 3 heterocycles. The molecule has 0 spiro atoms. The van der Waals surface area contributed by atoms with Crippen LogP contribution in [0.3, 0.4) is 0 Å². The maximum Gasteiger partial charge on any atom is 0.228 e. The molecule has 4 rings (SSSR count). The number of carbonyl (C=O) groups excluding carboxylic acids is 1. The number of aromatic nitrogens is 1. The summed E-state index contributed by atoms with van der Waals surface area (Å²) < 4.78 is 5.42. The van der Waals surface area contributed by atoms with Crippen molar-refractivity contribution < 1.29 is 9.53 Å². The van der Waals surface area contributed by atoms with E-state index in [0.29, 0.717) is 12.5 Å². The number of amides is 1. The normalized spacial score (nSPS) is 19.1. The van der Waals surface area contributed by atoms with Crippen LogP contribution in [0.4, 0.5) is 0 Å². The van der Waals surface area contributed by atoms with Crippen molar-refractivity contribution >= 4 is 17.2 Å². The first kappa shape index (κ1) is 21.4. The van der Waals surface area contributed by atoms with Gasteiger partial charge < -0.3 is 14.5 Å². The highest BCUT2D eigenvalue weighted by Gasteiger charge is 2.24. The zero-order valence-corrected chi connectivity index (χ0v) is 18.9. The minimum atomic E-state index is 0.169. The highest BCUT2D eigenvalue weighted by molar-refractivity contribution is 7.13. The number of morpholine rings is 1. The first-order chi connectivity index (χ1) is 14.6. The topological polar surface area (TPSA) is 48.9 Å². The third-order valence-electron chi connectivity index (χ3n) is 6.22. The van der Waals surface area contributed by atoms with Crippen molar-refractivity contribution in [3.05, 3.63) is 40.9 Å². The summed E-state index contributed by atoms with van der Waals surface area (Å²) in [6, 6.07) is 9.01. The lowest BCUT2D eigenvalue weighted by Gasteiger charge is -2.35. The molecule has 2 saturated heterocycles. The van der Waals surface area contributed by atoms with Crippen LogP contribution in [0.25, 0.3) is 10.6 Å². The van der Waals surface area contributed by atoms with E-state index in [9.17, 15) is 4.79 Å². The Labute approximate surface area is 183 Å². The van der Waals surface area contributed by atoms with Gasteiger partial charge in [-0.15, -0.1) is 11.3 Å². The number of likely N-dealkylation sites (N-methyl/N-ethyl adjacent to an activating group) is 1. The fourth-order valence-electron chi connectivity index (χ4n) is 4.16. The van der Waals surface area contributed by atoms with Gasteiger partial charge in [-0.05, 0) is 38.5 Å². The van der Waals surface area contributed by atoms with E-state index in [2.05, 4.69) is 41.1 Å². The number of hydrogen-bond donors (Lipinski definition) is 0. The number of hydrogen-bond acceptors (Lipinski definition) is 6. The van der Waals surface area contributed by atoms with Gasteiger partial charge in [0.05, 0.1) is 25.3 Å². The van der Waals surface area contributed by atoms with Crippen molar-refractivity contribution in [1.29, 1.82) is 0 Å². The van der Waals surface area contributed by atoms with Crippen molar-refractivity contribution in [3.8, 4) is 10.6 Å². The van der Waals surface area contributed by atoms with Gasteiger partial charge in [-0.25, -0.2) is 4.98 Å². The second kappa shape index (κ2) is 10.0. The highest BCUT2D eigenvalue weighted by atomic mass is 32.1. The van der Waals surface area contributed by atoms with E-state index in [4.69, 9.17) is 9.72 Å². The quantitative estimate of drug-likeness (QED) is 0.708. The SMILES string of the molecule is CN1CCC(N(C)C(=O)Cc2csc(-c3ccc(CN4CCOCC4)cc3)n2)CC1. The number of carbonyl (C=O) groups is 1. The van der Waals surface area contributed by atoms with E-state index in [1.54, 1.807) is 11.3 Å². The number of thiazole rings is 1. The molecule has 30 heavy (non-hydrogen) atoms. The van der Waals surface area contributed by atoms with Gasteiger partial charge in [-0.2, -0.15) is 0 Å². The summed E-state index contributed by atoms with van der Waals surface area (Å²) in [4.78, 5) is 24.2. The Bertz CT molecular complexity index is 824. The third kappa shape index (κ3) is 5.46. The minimum absolute atomic E-state index is 0.169. The first-order valence-corrected chi connectivity index (χ1v) is 11.7. The molecule has 162 valence electrons. The van der Waals surface area contributed by atoms with Crippen molar-refractivity contribution in [1.82, 2.24) is 19.7 Å². The van der Waals surface area contributed by atoms with E-state index in [0.717, 1.165) is 75.0 Å². The van der Waals surface area contributed by atoms with Crippen molar-refractivity contribution in [2.24, 2.45) is 0 Å². The molecule has 2 aliphatic heterocycles. The number of ether oxygens (including phenoxy) is 1. The van der Waals surface area contributed by atoms with Crippen LogP contribution in [-0.4, -0.2) is 85.1 Å². The van der Waals surface area contributed by atoms with Gasteiger partial charge in [0.25, 0.3) is 0 Å². The highest BCUT2D eigenvalue weighted by Crippen LogP contribution is 2.25. The van der Waals surface area contributed by atoms with Gasteiger partial charge >= 0.3 is 0 Å². The number of piperidine rings is 1. The Kier molecular flexibility index (Phi) is 7.15. The molecule has 0 atom stereocenters. The molecular formula is C23H32N4O2S. The fraction of sp³-hybridized carbons (Fsp3) is 0.565. The van der Waals surface area contributed by atoms with E-state index in [-0.39, 0.29) is 5.91 Å². The lowest BCUT2D eigenvalue weighted by molar-refractivity contribution is -0.132. The summed E-state index contributed by atoms with van der Waals surface area (Å²) in [6.45, 7) is 6.73. The second-order valence-corrected chi connectivity index (χ2v) is 9.30. The Morgan fingerprint density at radius 2 is 1.87 bits per heavy atom. The smallest absolute Gasteiger partial charge is 0.228 e. The molecule has 1 aromatic carbocycles. The van der Waals surface area contributed by atoms with E-state index >= 15 is 0 Å². The lowest BCUT2D eigenvalue weighted by atomic mass is 10.0. The van der Waals surface area contributed by atoms with Gasteiger partial charge in [-0.1, -0.05) is 24.3 Å².